The fourth-order valence-electron chi connectivity index (χ4n) is 2.10. The standard InChI is InChI=1S/C16H15Br2NO3/c1-3-22-15(20)9-11-5-7-14(19(11)2)16(21)10-4-6-12(17)13(18)8-10/h4-8H,3,9H2,1-2H3. The highest BCUT2D eigenvalue weighted by Crippen LogP contribution is 2.25. The van der Waals surface area contributed by atoms with E-state index in [1.54, 1.807) is 42.8 Å². The van der Waals surface area contributed by atoms with Crippen molar-refractivity contribution in [2.75, 3.05) is 6.61 Å². The van der Waals surface area contributed by atoms with Crippen LogP contribution in [0.3, 0.4) is 0 Å². The van der Waals surface area contributed by atoms with E-state index in [1.807, 2.05) is 6.07 Å². The van der Waals surface area contributed by atoms with Gasteiger partial charge in [0.2, 0.25) is 5.78 Å². The molecule has 0 spiro atoms. The highest BCUT2D eigenvalue weighted by Gasteiger charge is 2.17. The number of ether oxygens (including phenoxy) is 1. The number of hydrogen-bond acceptors (Lipinski definition) is 3. The van der Waals surface area contributed by atoms with E-state index >= 15 is 0 Å². The fraction of sp³-hybridized carbons (Fsp3) is 0.250. The topological polar surface area (TPSA) is 48.3 Å². The van der Waals surface area contributed by atoms with Crippen LogP contribution in [-0.4, -0.2) is 22.9 Å². The molecule has 2 rings (SSSR count). The van der Waals surface area contributed by atoms with Crippen molar-refractivity contribution >= 4 is 43.6 Å². The lowest BCUT2D eigenvalue weighted by Gasteiger charge is -2.08. The molecular formula is C16H15Br2NO3. The number of halogens is 2. The molecule has 1 aromatic carbocycles. The summed E-state index contributed by atoms with van der Waals surface area (Å²) in [6.07, 6.45) is 0.154. The largest absolute Gasteiger partial charge is 0.466 e. The number of rotatable bonds is 5. The Kier molecular flexibility index (Phi) is 5.58. The van der Waals surface area contributed by atoms with Gasteiger partial charge in [-0.1, -0.05) is 0 Å². The number of carbonyl (C=O) groups is 2. The molecular weight excluding hydrogens is 414 g/mol. The summed E-state index contributed by atoms with van der Waals surface area (Å²) in [5, 5.41) is 0. The first kappa shape index (κ1) is 17.0. The molecule has 0 saturated heterocycles. The Morgan fingerprint density at radius 1 is 1.14 bits per heavy atom. The number of nitrogens with zero attached hydrogens (tertiary/aromatic N) is 1. The molecule has 116 valence electrons. The third-order valence-corrected chi connectivity index (χ3v) is 5.15. The molecule has 0 unspecified atom stereocenters. The number of hydrogen-bond donors (Lipinski definition) is 0. The van der Waals surface area contributed by atoms with Crippen molar-refractivity contribution in [2.45, 2.75) is 13.3 Å². The summed E-state index contributed by atoms with van der Waals surface area (Å²) in [4.78, 5) is 24.1. The summed E-state index contributed by atoms with van der Waals surface area (Å²) in [5.74, 6) is -0.389. The zero-order chi connectivity index (χ0) is 16.3. The van der Waals surface area contributed by atoms with Gasteiger partial charge in [0.1, 0.15) is 0 Å². The summed E-state index contributed by atoms with van der Waals surface area (Å²) in [5.41, 5.74) is 1.87. The molecule has 0 saturated carbocycles. The summed E-state index contributed by atoms with van der Waals surface area (Å²) in [6, 6.07) is 8.85. The van der Waals surface area contributed by atoms with E-state index in [-0.39, 0.29) is 18.2 Å². The Balaban J connectivity index is 2.25. The minimum absolute atomic E-state index is 0.0918. The second kappa shape index (κ2) is 7.24. The lowest BCUT2D eigenvalue weighted by atomic mass is 10.1. The van der Waals surface area contributed by atoms with E-state index in [1.165, 1.54) is 0 Å². The minimum Gasteiger partial charge on any atom is -0.466 e. The van der Waals surface area contributed by atoms with Crippen molar-refractivity contribution in [3.63, 3.8) is 0 Å². The molecule has 0 aliphatic rings. The molecule has 0 bridgehead atoms. The van der Waals surface area contributed by atoms with Crippen molar-refractivity contribution in [3.05, 3.63) is 56.2 Å². The summed E-state index contributed by atoms with van der Waals surface area (Å²) in [6.45, 7) is 2.12. The van der Waals surface area contributed by atoms with Gasteiger partial charge in [-0.3, -0.25) is 9.59 Å². The molecule has 22 heavy (non-hydrogen) atoms. The molecule has 0 fully saturated rings. The van der Waals surface area contributed by atoms with Crippen molar-refractivity contribution in [1.29, 1.82) is 0 Å². The number of esters is 1. The quantitative estimate of drug-likeness (QED) is 0.536. The average molecular weight is 429 g/mol. The molecule has 0 N–H and O–H groups in total. The minimum atomic E-state index is -0.297. The first-order valence-corrected chi connectivity index (χ1v) is 8.32. The van der Waals surface area contributed by atoms with Gasteiger partial charge in [-0.15, -0.1) is 0 Å². The molecule has 1 heterocycles. The van der Waals surface area contributed by atoms with Gasteiger partial charge >= 0.3 is 5.97 Å². The molecule has 0 atom stereocenters. The first-order valence-electron chi connectivity index (χ1n) is 6.74. The van der Waals surface area contributed by atoms with E-state index in [2.05, 4.69) is 31.9 Å². The summed E-state index contributed by atoms with van der Waals surface area (Å²) < 4.78 is 8.37. The molecule has 0 aliphatic heterocycles. The summed E-state index contributed by atoms with van der Waals surface area (Å²) in [7, 11) is 1.77. The van der Waals surface area contributed by atoms with E-state index in [0.717, 1.165) is 14.6 Å². The van der Waals surface area contributed by atoms with Gasteiger partial charge in [0.25, 0.3) is 0 Å². The zero-order valence-electron chi connectivity index (χ0n) is 12.2. The Morgan fingerprint density at radius 2 is 1.86 bits per heavy atom. The lowest BCUT2D eigenvalue weighted by molar-refractivity contribution is -0.142. The van der Waals surface area contributed by atoms with E-state index < -0.39 is 0 Å². The number of aromatic nitrogens is 1. The number of benzene rings is 1. The van der Waals surface area contributed by atoms with Gasteiger partial charge in [0.15, 0.2) is 0 Å². The number of ketones is 1. The van der Waals surface area contributed by atoms with E-state index in [4.69, 9.17) is 4.74 Å². The van der Waals surface area contributed by atoms with Crippen LogP contribution in [0.15, 0.2) is 39.3 Å². The average Bonchev–Trinajstić information content (AvgIpc) is 2.83. The van der Waals surface area contributed by atoms with Crippen molar-refractivity contribution in [3.8, 4) is 0 Å². The fourth-order valence-corrected chi connectivity index (χ4v) is 2.73. The Morgan fingerprint density at radius 3 is 2.50 bits per heavy atom. The maximum atomic E-state index is 12.6. The molecule has 0 radical (unpaired) electrons. The highest BCUT2D eigenvalue weighted by molar-refractivity contribution is 9.13. The maximum absolute atomic E-state index is 12.6. The Hall–Kier alpha value is -1.40. The van der Waals surface area contributed by atoms with Crippen LogP contribution < -0.4 is 0 Å². The Bertz CT molecular complexity index is 722. The van der Waals surface area contributed by atoms with Gasteiger partial charge in [0.05, 0.1) is 18.7 Å². The van der Waals surface area contributed by atoms with Crippen LogP contribution in [-0.2, 0) is 23.0 Å². The molecule has 0 amide bonds. The van der Waals surface area contributed by atoms with Crippen molar-refractivity contribution in [2.24, 2.45) is 7.05 Å². The van der Waals surface area contributed by atoms with Crippen LogP contribution in [0.2, 0.25) is 0 Å². The van der Waals surface area contributed by atoms with Gasteiger partial charge in [0, 0.05) is 27.3 Å². The SMILES string of the molecule is CCOC(=O)Cc1ccc(C(=O)c2ccc(Br)c(Br)c2)n1C. The molecule has 6 heteroatoms. The van der Waals surface area contributed by atoms with E-state index in [9.17, 15) is 9.59 Å². The Labute approximate surface area is 145 Å². The lowest BCUT2D eigenvalue weighted by Crippen LogP contribution is -2.13. The van der Waals surface area contributed by atoms with Crippen LogP contribution in [0.4, 0.5) is 0 Å². The third-order valence-electron chi connectivity index (χ3n) is 3.27. The molecule has 2 aromatic rings. The second-order valence-electron chi connectivity index (χ2n) is 4.71. The molecule has 4 nitrogen and oxygen atoms in total. The normalized spacial score (nSPS) is 10.5. The van der Waals surface area contributed by atoms with Crippen molar-refractivity contribution < 1.29 is 14.3 Å². The van der Waals surface area contributed by atoms with Gasteiger partial charge < -0.3 is 9.30 Å². The van der Waals surface area contributed by atoms with Crippen LogP contribution in [0.5, 0.6) is 0 Å². The molecule has 0 aliphatic carbocycles. The summed E-state index contributed by atoms with van der Waals surface area (Å²) >= 11 is 6.77. The highest BCUT2D eigenvalue weighted by atomic mass is 79.9. The van der Waals surface area contributed by atoms with Crippen LogP contribution in [0.1, 0.15) is 28.7 Å². The van der Waals surface area contributed by atoms with Crippen LogP contribution >= 0.6 is 31.9 Å². The number of carbonyl (C=O) groups excluding carboxylic acids is 2. The zero-order valence-corrected chi connectivity index (χ0v) is 15.4. The monoisotopic (exact) mass is 427 g/mol. The maximum Gasteiger partial charge on any atom is 0.311 e. The first-order chi connectivity index (χ1) is 10.4. The van der Waals surface area contributed by atoms with Gasteiger partial charge in [-0.2, -0.15) is 0 Å². The molecule has 1 aromatic heterocycles. The smallest absolute Gasteiger partial charge is 0.311 e. The van der Waals surface area contributed by atoms with Crippen molar-refractivity contribution in [1.82, 2.24) is 4.57 Å². The van der Waals surface area contributed by atoms with E-state index in [0.29, 0.717) is 17.9 Å². The van der Waals surface area contributed by atoms with Gasteiger partial charge in [-0.05, 0) is 69.1 Å². The third kappa shape index (κ3) is 3.67. The predicted octanol–water partition coefficient (Wildman–Crippen LogP) is 3.89. The van der Waals surface area contributed by atoms with Gasteiger partial charge in [-0.25, -0.2) is 0 Å². The second-order valence-corrected chi connectivity index (χ2v) is 6.42. The van der Waals surface area contributed by atoms with Crippen LogP contribution in [0, 0.1) is 0 Å². The van der Waals surface area contributed by atoms with Crippen LogP contribution in [0.25, 0.3) is 0 Å². The predicted molar refractivity (Wildman–Crippen MR) is 91.0 cm³/mol.